The molecule has 0 saturated carbocycles. The van der Waals surface area contributed by atoms with E-state index >= 15 is 0 Å². The van der Waals surface area contributed by atoms with Crippen LogP contribution in [0.2, 0.25) is 0 Å². The lowest BCUT2D eigenvalue weighted by molar-refractivity contribution is -0.128. The molecule has 0 aliphatic carbocycles. The second-order valence-electron chi connectivity index (χ2n) is 4.54. The van der Waals surface area contributed by atoms with Gasteiger partial charge in [0.1, 0.15) is 5.78 Å². The highest BCUT2D eigenvalue weighted by Gasteiger charge is 2.24. The van der Waals surface area contributed by atoms with Crippen LogP contribution in [-0.2, 0) is 9.59 Å². The first-order valence-electron chi connectivity index (χ1n) is 6.05. The zero-order valence-corrected chi connectivity index (χ0v) is 9.93. The van der Waals surface area contributed by atoms with Gasteiger partial charge in [0.25, 0.3) is 0 Å². The average Bonchev–Trinajstić information content (AvgIpc) is 2.38. The van der Waals surface area contributed by atoms with Crippen LogP contribution in [0.3, 0.4) is 0 Å². The predicted molar refractivity (Wildman–Crippen MR) is 70.5 cm³/mol. The monoisotopic (exact) mass is 239 g/mol. The first kappa shape index (κ1) is 11.0. The summed E-state index contributed by atoms with van der Waals surface area (Å²) in [6.07, 6.45) is 0.491. The number of Topliss-reactive ketones (excluding diaryl/α,β-unsaturated/α-hetero) is 1. The number of amides is 1. The second kappa shape index (κ2) is 4.26. The van der Waals surface area contributed by atoms with Gasteiger partial charge in [0.2, 0.25) is 5.91 Å². The lowest BCUT2D eigenvalue weighted by atomic mass is 10.1. The van der Waals surface area contributed by atoms with E-state index in [4.69, 9.17) is 0 Å². The molecule has 3 rings (SSSR count). The molecule has 90 valence electrons. The molecule has 18 heavy (non-hydrogen) atoms. The van der Waals surface area contributed by atoms with Crippen molar-refractivity contribution in [3.8, 4) is 0 Å². The number of anilines is 1. The Hall–Kier alpha value is -2.16. The third-order valence-corrected chi connectivity index (χ3v) is 3.31. The van der Waals surface area contributed by atoms with Crippen molar-refractivity contribution in [1.82, 2.24) is 0 Å². The zero-order valence-electron chi connectivity index (χ0n) is 9.93. The molecule has 2 aromatic rings. The number of carbonyl (C=O) groups is 2. The van der Waals surface area contributed by atoms with E-state index in [-0.39, 0.29) is 18.1 Å². The summed E-state index contributed by atoms with van der Waals surface area (Å²) in [6.45, 7) is 0.496. The van der Waals surface area contributed by atoms with Crippen LogP contribution in [-0.4, -0.2) is 18.2 Å². The van der Waals surface area contributed by atoms with Crippen LogP contribution in [0.25, 0.3) is 10.8 Å². The molecule has 1 fully saturated rings. The lowest BCUT2D eigenvalue weighted by Crippen LogP contribution is -2.38. The molecule has 0 atom stereocenters. The molecule has 0 aromatic heterocycles. The third-order valence-electron chi connectivity index (χ3n) is 3.31. The summed E-state index contributed by atoms with van der Waals surface area (Å²) in [5.74, 6) is -0.0569. The van der Waals surface area contributed by atoms with E-state index in [0.717, 1.165) is 16.5 Å². The Bertz CT molecular complexity index is 633. The fourth-order valence-electron chi connectivity index (χ4n) is 2.33. The van der Waals surface area contributed by atoms with Crippen LogP contribution in [0.5, 0.6) is 0 Å². The normalized spacial score (nSPS) is 16.3. The molecule has 1 aliphatic heterocycles. The Kier molecular flexibility index (Phi) is 2.59. The summed E-state index contributed by atoms with van der Waals surface area (Å²) in [4.78, 5) is 24.8. The zero-order chi connectivity index (χ0) is 12.5. The van der Waals surface area contributed by atoms with E-state index in [1.54, 1.807) is 4.90 Å². The number of hydrogen-bond donors (Lipinski definition) is 0. The maximum Gasteiger partial charge on any atom is 0.234 e. The van der Waals surface area contributed by atoms with E-state index in [0.29, 0.717) is 13.0 Å². The van der Waals surface area contributed by atoms with Gasteiger partial charge in [-0.15, -0.1) is 0 Å². The highest BCUT2D eigenvalue weighted by atomic mass is 16.2. The van der Waals surface area contributed by atoms with Gasteiger partial charge < -0.3 is 4.90 Å². The first-order chi connectivity index (χ1) is 8.74. The van der Waals surface area contributed by atoms with Gasteiger partial charge in [-0.25, -0.2) is 0 Å². The fraction of sp³-hybridized carbons (Fsp3) is 0.200. The summed E-state index contributed by atoms with van der Waals surface area (Å²) < 4.78 is 0. The number of fused-ring (bicyclic) bond motifs is 1. The molecule has 1 heterocycles. The fourth-order valence-corrected chi connectivity index (χ4v) is 2.33. The van der Waals surface area contributed by atoms with Crippen molar-refractivity contribution in [2.45, 2.75) is 12.8 Å². The highest BCUT2D eigenvalue weighted by Crippen LogP contribution is 2.24. The predicted octanol–water partition coefficient (Wildman–Crippen LogP) is 2.54. The van der Waals surface area contributed by atoms with Gasteiger partial charge in [-0.05, 0) is 22.9 Å². The van der Waals surface area contributed by atoms with E-state index in [2.05, 4.69) is 0 Å². The number of carbonyl (C=O) groups excluding carboxylic acids is 2. The van der Waals surface area contributed by atoms with Gasteiger partial charge >= 0.3 is 0 Å². The number of nitrogens with zero attached hydrogens (tertiary/aromatic N) is 1. The molecule has 3 heteroatoms. The van der Waals surface area contributed by atoms with Gasteiger partial charge in [-0.2, -0.15) is 0 Å². The molecule has 0 N–H and O–H groups in total. The van der Waals surface area contributed by atoms with Crippen LogP contribution >= 0.6 is 0 Å². The second-order valence-corrected chi connectivity index (χ2v) is 4.54. The summed E-state index contributed by atoms with van der Waals surface area (Å²) in [7, 11) is 0. The van der Waals surface area contributed by atoms with Crippen molar-refractivity contribution in [2.75, 3.05) is 11.4 Å². The van der Waals surface area contributed by atoms with Crippen molar-refractivity contribution in [3.63, 3.8) is 0 Å². The number of hydrogen-bond acceptors (Lipinski definition) is 2. The number of rotatable bonds is 1. The summed E-state index contributed by atoms with van der Waals surface area (Å²) >= 11 is 0. The standard InChI is InChI=1S/C15H13NO2/c17-14-7-8-16(15(18)10-14)13-6-5-11-3-1-2-4-12(11)9-13/h1-6,9H,7-8,10H2. The molecular weight excluding hydrogens is 226 g/mol. The van der Waals surface area contributed by atoms with Crippen LogP contribution in [0, 0.1) is 0 Å². The molecule has 1 aliphatic rings. The van der Waals surface area contributed by atoms with Gasteiger partial charge in [0.15, 0.2) is 0 Å². The molecular formula is C15H13NO2. The molecule has 0 radical (unpaired) electrons. The Morgan fingerprint density at radius 3 is 2.50 bits per heavy atom. The Labute approximate surface area is 105 Å². The average molecular weight is 239 g/mol. The summed E-state index contributed by atoms with van der Waals surface area (Å²) in [6, 6.07) is 14.0. The molecule has 0 spiro atoms. The number of ketones is 1. The van der Waals surface area contributed by atoms with E-state index in [1.807, 2.05) is 42.5 Å². The molecule has 1 saturated heterocycles. The highest BCUT2D eigenvalue weighted by molar-refractivity contribution is 6.09. The van der Waals surface area contributed by atoms with E-state index in [1.165, 1.54) is 0 Å². The van der Waals surface area contributed by atoms with Crippen molar-refractivity contribution in [1.29, 1.82) is 0 Å². The van der Waals surface area contributed by atoms with Gasteiger partial charge in [0.05, 0.1) is 6.42 Å². The third kappa shape index (κ3) is 1.88. The number of piperidine rings is 1. The van der Waals surface area contributed by atoms with Crippen molar-refractivity contribution in [3.05, 3.63) is 42.5 Å². The molecule has 0 unspecified atom stereocenters. The Morgan fingerprint density at radius 2 is 1.72 bits per heavy atom. The van der Waals surface area contributed by atoms with Crippen LogP contribution in [0.4, 0.5) is 5.69 Å². The Balaban J connectivity index is 1.99. The topological polar surface area (TPSA) is 37.4 Å². The molecule has 2 aromatic carbocycles. The molecule has 3 nitrogen and oxygen atoms in total. The van der Waals surface area contributed by atoms with Gasteiger partial charge in [0, 0.05) is 18.7 Å². The SMILES string of the molecule is O=C1CCN(c2ccc3ccccc3c2)C(=O)C1. The van der Waals surface area contributed by atoms with E-state index < -0.39 is 0 Å². The minimum atomic E-state index is -0.0958. The quantitative estimate of drug-likeness (QED) is 0.717. The summed E-state index contributed by atoms with van der Waals surface area (Å²) in [5, 5.41) is 2.27. The largest absolute Gasteiger partial charge is 0.312 e. The molecule has 0 bridgehead atoms. The van der Waals surface area contributed by atoms with Crippen LogP contribution in [0.1, 0.15) is 12.8 Å². The van der Waals surface area contributed by atoms with Gasteiger partial charge in [-0.3, -0.25) is 9.59 Å². The minimum absolute atomic E-state index is 0.0346. The van der Waals surface area contributed by atoms with Crippen LogP contribution in [0.15, 0.2) is 42.5 Å². The smallest absolute Gasteiger partial charge is 0.234 e. The van der Waals surface area contributed by atoms with Crippen LogP contribution < -0.4 is 4.90 Å². The first-order valence-corrected chi connectivity index (χ1v) is 6.05. The lowest BCUT2D eigenvalue weighted by Gasteiger charge is -2.26. The maximum absolute atomic E-state index is 11.8. The maximum atomic E-state index is 11.8. The van der Waals surface area contributed by atoms with Crippen molar-refractivity contribution >= 4 is 28.2 Å². The van der Waals surface area contributed by atoms with Crippen molar-refractivity contribution in [2.24, 2.45) is 0 Å². The Morgan fingerprint density at radius 1 is 0.944 bits per heavy atom. The van der Waals surface area contributed by atoms with Crippen molar-refractivity contribution < 1.29 is 9.59 Å². The molecule has 1 amide bonds. The van der Waals surface area contributed by atoms with Gasteiger partial charge in [-0.1, -0.05) is 30.3 Å². The summed E-state index contributed by atoms with van der Waals surface area (Å²) in [5.41, 5.74) is 0.881. The minimum Gasteiger partial charge on any atom is -0.312 e. The van der Waals surface area contributed by atoms with E-state index in [9.17, 15) is 9.59 Å². The number of benzene rings is 2.